The zero-order valence-corrected chi connectivity index (χ0v) is 8.63. The van der Waals surface area contributed by atoms with Gasteiger partial charge in [0.15, 0.2) is 0 Å². The highest BCUT2D eigenvalue weighted by Crippen LogP contribution is 2.09. The number of amides is 1. The molecule has 1 fully saturated rings. The fraction of sp³-hybridized carbons (Fsp3) is 0.300. The topological polar surface area (TPSA) is 94.9 Å². The molecular formula is C10H13NO5. The van der Waals surface area contributed by atoms with E-state index >= 15 is 0 Å². The fourth-order valence-corrected chi connectivity index (χ4v) is 0.980. The SMILES string of the molecule is C=CC(=O)O.O=C(O)C=CN1CCCC1=O. The summed E-state index contributed by atoms with van der Waals surface area (Å²) in [4.78, 5) is 31.6. The van der Waals surface area contributed by atoms with Crippen molar-refractivity contribution in [3.63, 3.8) is 0 Å². The van der Waals surface area contributed by atoms with Crippen molar-refractivity contribution in [1.82, 2.24) is 4.90 Å². The second-order valence-corrected chi connectivity index (χ2v) is 2.89. The van der Waals surface area contributed by atoms with E-state index in [2.05, 4.69) is 6.58 Å². The largest absolute Gasteiger partial charge is 0.478 e. The Hall–Kier alpha value is -2.11. The van der Waals surface area contributed by atoms with Crippen LogP contribution in [-0.2, 0) is 14.4 Å². The van der Waals surface area contributed by atoms with Crippen LogP contribution in [0.15, 0.2) is 24.9 Å². The van der Waals surface area contributed by atoms with E-state index in [-0.39, 0.29) is 5.91 Å². The molecule has 0 aromatic rings. The predicted octanol–water partition coefficient (Wildman–Crippen LogP) is 0.464. The Kier molecular flexibility index (Phi) is 6.27. The molecule has 88 valence electrons. The van der Waals surface area contributed by atoms with Gasteiger partial charge >= 0.3 is 11.9 Å². The van der Waals surface area contributed by atoms with Crippen molar-refractivity contribution in [3.8, 4) is 0 Å². The quantitative estimate of drug-likeness (QED) is 0.683. The lowest BCUT2D eigenvalue weighted by molar-refractivity contribution is -0.132. The highest BCUT2D eigenvalue weighted by Gasteiger charge is 2.17. The molecule has 1 heterocycles. The molecule has 6 nitrogen and oxygen atoms in total. The molecule has 1 amide bonds. The average molecular weight is 227 g/mol. The second-order valence-electron chi connectivity index (χ2n) is 2.89. The van der Waals surface area contributed by atoms with Crippen molar-refractivity contribution in [2.75, 3.05) is 6.54 Å². The number of hydrogen-bond acceptors (Lipinski definition) is 3. The van der Waals surface area contributed by atoms with Crippen LogP contribution in [0.3, 0.4) is 0 Å². The van der Waals surface area contributed by atoms with E-state index in [4.69, 9.17) is 10.2 Å². The average Bonchev–Trinajstić information content (AvgIpc) is 2.62. The van der Waals surface area contributed by atoms with Gasteiger partial charge in [0, 0.05) is 31.3 Å². The van der Waals surface area contributed by atoms with E-state index in [0.717, 1.165) is 18.6 Å². The van der Waals surface area contributed by atoms with Crippen LogP contribution < -0.4 is 0 Å². The highest BCUT2D eigenvalue weighted by atomic mass is 16.4. The van der Waals surface area contributed by atoms with Crippen LogP contribution in [0.5, 0.6) is 0 Å². The maximum Gasteiger partial charge on any atom is 0.329 e. The lowest BCUT2D eigenvalue weighted by atomic mass is 10.4. The molecule has 1 rings (SSSR count). The maximum absolute atomic E-state index is 10.9. The van der Waals surface area contributed by atoms with Gasteiger partial charge in [0.05, 0.1) is 0 Å². The molecule has 1 aliphatic rings. The first-order valence-electron chi connectivity index (χ1n) is 4.53. The summed E-state index contributed by atoms with van der Waals surface area (Å²) in [5.74, 6) is -2.00. The monoisotopic (exact) mass is 227 g/mol. The van der Waals surface area contributed by atoms with E-state index in [1.165, 1.54) is 11.1 Å². The zero-order chi connectivity index (χ0) is 12.6. The Labute approximate surface area is 92.5 Å². The number of carbonyl (C=O) groups is 3. The third-order valence-electron chi connectivity index (χ3n) is 1.68. The van der Waals surface area contributed by atoms with Gasteiger partial charge in [-0.2, -0.15) is 0 Å². The van der Waals surface area contributed by atoms with E-state index in [9.17, 15) is 14.4 Å². The number of hydrogen-bond donors (Lipinski definition) is 2. The third kappa shape index (κ3) is 6.36. The van der Waals surface area contributed by atoms with Gasteiger partial charge in [0.25, 0.3) is 0 Å². The van der Waals surface area contributed by atoms with E-state index < -0.39 is 11.9 Å². The molecule has 0 bridgehead atoms. The number of aliphatic carboxylic acids is 2. The van der Waals surface area contributed by atoms with Crippen LogP contribution in [0.2, 0.25) is 0 Å². The first-order valence-corrected chi connectivity index (χ1v) is 4.53. The molecule has 0 radical (unpaired) electrons. The van der Waals surface area contributed by atoms with E-state index in [1.54, 1.807) is 0 Å². The van der Waals surface area contributed by atoms with Gasteiger partial charge in [-0.05, 0) is 6.42 Å². The van der Waals surface area contributed by atoms with E-state index in [1.807, 2.05) is 0 Å². The molecule has 0 aliphatic carbocycles. The van der Waals surface area contributed by atoms with Gasteiger partial charge in [-0.15, -0.1) is 0 Å². The van der Waals surface area contributed by atoms with Gasteiger partial charge in [0.2, 0.25) is 5.91 Å². The summed E-state index contributed by atoms with van der Waals surface area (Å²) in [6, 6.07) is 0. The molecular weight excluding hydrogens is 214 g/mol. The third-order valence-corrected chi connectivity index (χ3v) is 1.68. The van der Waals surface area contributed by atoms with Gasteiger partial charge in [0.1, 0.15) is 0 Å². The molecule has 16 heavy (non-hydrogen) atoms. The molecule has 0 aromatic carbocycles. The smallest absolute Gasteiger partial charge is 0.329 e. The Morgan fingerprint density at radius 3 is 2.19 bits per heavy atom. The fourth-order valence-electron chi connectivity index (χ4n) is 0.980. The normalized spacial score (nSPS) is 14.5. The summed E-state index contributed by atoms with van der Waals surface area (Å²) in [5.41, 5.74) is 0. The summed E-state index contributed by atoms with van der Waals surface area (Å²) in [6.07, 6.45) is 4.48. The lowest BCUT2D eigenvalue weighted by Gasteiger charge is -2.06. The molecule has 0 unspecified atom stereocenters. The van der Waals surface area contributed by atoms with Crippen molar-refractivity contribution >= 4 is 17.8 Å². The summed E-state index contributed by atoms with van der Waals surface area (Å²) in [7, 11) is 0. The minimum Gasteiger partial charge on any atom is -0.478 e. The molecule has 0 atom stereocenters. The summed E-state index contributed by atoms with van der Waals surface area (Å²) in [6.45, 7) is 3.60. The molecule has 0 spiro atoms. The number of carbonyl (C=O) groups excluding carboxylic acids is 1. The number of rotatable bonds is 3. The molecule has 1 saturated heterocycles. The Balaban J connectivity index is 0.000000385. The first kappa shape index (κ1) is 13.9. The van der Waals surface area contributed by atoms with Gasteiger partial charge < -0.3 is 15.1 Å². The predicted molar refractivity (Wildman–Crippen MR) is 55.6 cm³/mol. The molecule has 0 aromatic heterocycles. The van der Waals surface area contributed by atoms with Crippen LogP contribution in [0, 0.1) is 0 Å². The van der Waals surface area contributed by atoms with Crippen LogP contribution in [-0.4, -0.2) is 39.5 Å². The van der Waals surface area contributed by atoms with Gasteiger partial charge in [-0.3, -0.25) is 4.79 Å². The number of likely N-dealkylation sites (tertiary alicyclic amines) is 1. The standard InChI is InChI=1S/C7H9NO3.C3H4O2/c9-6-2-1-4-8(6)5-3-7(10)11;1-2-3(4)5/h3,5H,1-2,4H2,(H,10,11);2H,1H2,(H,4,5). The highest BCUT2D eigenvalue weighted by molar-refractivity contribution is 5.83. The zero-order valence-electron chi connectivity index (χ0n) is 8.63. The van der Waals surface area contributed by atoms with Crippen LogP contribution >= 0.6 is 0 Å². The van der Waals surface area contributed by atoms with Crippen LogP contribution in [0.25, 0.3) is 0 Å². The van der Waals surface area contributed by atoms with Crippen molar-refractivity contribution < 1.29 is 24.6 Å². The maximum atomic E-state index is 10.9. The van der Waals surface area contributed by atoms with E-state index in [0.29, 0.717) is 13.0 Å². The minimum atomic E-state index is -1.02. The molecule has 0 saturated carbocycles. The molecule has 6 heteroatoms. The Bertz CT molecular complexity index is 321. The van der Waals surface area contributed by atoms with Crippen LogP contribution in [0.4, 0.5) is 0 Å². The molecule has 2 N–H and O–H groups in total. The van der Waals surface area contributed by atoms with Crippen molar-refractivity contribution in [3.05, 3.63) is 24.9 Å². The van der Waals surface area contributed by atoms with Crippen LogP contribution in [0.1, 0.15) is 12.8 Å². The Morgan fingerprint density at radius 1 is 1.31 bits per heavy atom. The number of carboxylic acids is 2. The second kappa shape index (κ2) is 7.22. The molecule has 1 aliphatic heterocycles. The van der Waals surface area contributed by atoms with Crippen molar-refractivity contribution in [2.45, 2.75) is 12.8 Å². The first-order chi connectivity index (χ1) is 7.47. The summed E-state index contributed by atoms with van der Waals surface area (Å²) < 4.78 is 0. The summed E-state index contributed by atoms with van der Waals surface area (Å²) in [5, 5.41) is 15.8. The summed E-state index contributed by atoms with van der Waals surface area (Å²) >= 11 is 0. The number of carboxylic acid groups (broad SMARTS) is 2. The lowest BCUT2D eigenvalue weighted by Crippen LogP contribution is -2.17. The van der Waals surface area contributed by atoms with Gasteiger partial charge in [-0.25, -0.2) is 9.59 Å². The van der Waals surface area contributed by atoms with Crippen molar-refractivity contribution in [2.24, 2.45) is 0 Å². The minimum absolute atomic E-state index is 0.00231. The van der Waals surface area contributed by atoms with Crippen molar-refractivity contribution in [1.29, 1.82) is 0 Å². The van der Waals surface area contributed by atoms with Gasteiger partial charge in [-0.1, -0.05) is 6.58 Å². The number of nitrogens with zero attached hydrogens (tertiary/aromatic N) is 1. The Morgan fingerprint density at radius 2 is 1.88 bits per heavy atom.